The highest BCUT2D eigenvalue weighted by Crippen LogP contribution is 2.42. The van der Waals surface area contributed by atoms with Crippen LogP contribution >= 0.6 is 0 Å². The number of H-pyrrole nitrogens is 1. The largest absolute Gasteiger partial charge is 0.455 e. The van der Waals surface area contributed by atoms with E-state index >= 15 is 0 Å². The van der Waals surface area contributed by atoms with E-state index in [0.717, 1.165) is 28.3 Å². The zero-order valence-corrected chi connectivity index (χ0v) is 20.3. The van der Waals surface area contributed by atoms with E-state index in [0.29, 0.717) is 43.2 Å². The van der Waals surface area contributed by atoms with Gasteiger partial charge in [0.2, 0.25) is 5.95 Å². The number of hydrogen-bond acceptors (Lipinski definition) is 7. The molecule has 8 nitrogen and oxygen atoms in total. The number of fused-ring (bicyclic) bond motifs is 2. The molecular weight excluding hydrogens is 473 g/mol. The van der Waals surface area contributed by atoms with Crippen molar-refractivity contribution in [3.63, 3.8) is 0 Å². The Morgan fingerprint density at radius 3 is 2.95 bits per heavy atom. The molecule has 9 heteroatoms. The number of rotatable bonds is 5. The van der Waals surface area contributed by atoms with Gasteiger partial charge in [0.05, 0.1) is 24.9 Å². The van der Waals surface area contributed by atoms with Gasteiger partial charge in [0.15, 0.2) is 5.75 Å². The van der Waals surface area contributed by atoms with E-state index in [4.69, 9.17) is 9.47 Å². The molecule has 1 aromatic carbocycles. The lowest BCUT2D eigenvalue weighted by atomic mass is 9.98. The quantitative estimate of drug-likeness (QED) is 0.337. The van der Waals surface area contributed by atoms with Gasteiger partial charge in [0, 0.05) is 42.2 Å². The number of nitrogens with one attached hydrogen (secondary N) is 2. The highest BCUT2D eigenvalue weighted by atomic mass is 19.1. The van der Waals surface area contributed by atoms with Crippen molar-refractivity contribution >= 4 is 11.4 Å². The minimum Gasteiger partial charge on any atom is -0.455 e. The number of aromatic nitrogens is 3. The van der Waals surface area contributed by atoms with Crippen LogP contribution in [0.2, 0.25) is 0 Å². The maximum absolute atomic E-state index is 13.5. The van der Waals surface area contributed by atoms with E-state index in [9.17, 15) is 9.18 Å². The first kappa shape index (κ1) is 23.2. The molecule has 2 aliphatic heterocycles. The van der Waals surface area contributed by atoms with Crippen LogP contribution in [-0.4, -0.2) is 34.6 Å². The summed E-state index contributed by atoms with van der Waals surface area (Å²) in [6.45, 7) is 3.55. The highest BCUT2D eigenvalue weighted by Gasteiger charge is 2.30. The summed E-state index contributed by atoms with van der Waals surface area (Å²) in [6, 6.07) is 16.2. The SMILES string of the molecule is CC(Nc1ccc2c(c1)Cc1ccnc(C3CN(c4ccc[nH]c4=O)CCO3)c1O2)c1cccc(F)n1. The zero-order chi connectivity index (χ0) is 25.4. The predicted molar refractivity (Wildman–Crippen MR) is 138 cm³/mol. The molecule has 6 rings (SSSR count). The number of aromatic amines is 1. The summed E-state index contributed by atoms with van der Waals surface area (Å²) in [5.74, 6) is 0.976. The third-order valence-corrected chi connectivity index (χ3v) is 6.74. The maximum Gasteiger partial charge on any atom is 0.271 e. The predicted octanol–water partition coefficient (Wildman–Crippen LogP) is 4.75. The van der Waals surface area contributed by atoms with Crippen molar-refractivity contribution in [2.45, 2.75) is 25.5 Å². The van der Waals surface area contributed by atoms with Gasteiger partial charge in [-0.25, -0.2) is 4.98 Å². The Morgan fingerprint density at radius 1 is 1.16 bits per heavy atom. The molecule has 1 saturated heterocycles. The smallest absolute Gasteiger partial charge is 0.271 e. The highest BCUT2D eigenvalue weighted by molar-refractivity contribution is 5.58. The summed E-state index contributed by atoms with van der Waals surface area (Å²) in [4.78, 5) is 25.7. The molecule has 2 unspecified atom stereocenters. The van der Waals surface area contributed by atoms with Crippen LogP contribution in [0.3, 0.4) is 0 Å². The van der Waals surface area contributed by atoms with Gasteiger partial charge in [-0.05, 0) is 55.5 Å². The minimum absolute atomic E-state index is 0.122. The number of pyridine rings is 3. The Balaban J connectivity index is 1.22. The van der Waals surface area contributed by atoms with Gasteiger partial charge in [-0.2, -0.15) is 4.39 Å². The first-order valence-corrected chi connectivity index (χ1v) is 12.3. The molecule has 0 spiro atoms. The third-order valence-electron chi connectivity index (χ3n) is 6.74. The third kappa shape index (κ3) is 4.65. The average molecular weight is 500 g/mol. The molecule has 0 bridgehead atoms. The van der Waals surface area contributed by atoms with Crippen LogP contribution in [0.4, 0.5) is 15.8 Å². The summed E-state index contributed by atoms with van der Waals surface area (Å²) < 4.78 is 26.0. The second-order valence-corrected chi connectivity index (χ2v) is 9.23. The van der Waals surface area contributed by atoms with Gasteiger partial charge in [0.25, 0.3) is 5.56 Å². The molecule has 0 radical (unpaired) electrons. The van der Waals surface area contributed by atoms with Crippen LogP contribution in [0.5, 0.6) is 11.5 Å². The Hall–Kier alpha value is -4.24. The van der Waals surface area contributed by atoms with Gasteiger partial charge in [-0.3, -0.25) is 9.78 Å². The topological polar surface area (TPSA) is 92.4 Å². The first-order valence-electron chi connectivity index (χ1n) is 12.3. The summed E-state index contributed by atoms with van der Waals surface area (Å²) in [7, 11) is 0. The molecule has 2 atom stereocenters. The van der Waals surface area contributed by atoms with Crippen molar-refractivity contribution in [2.75, 3.05) is 29.9 Å². The fourth-order valence-electron chi connectivity index (χ4n) is 4.90. The van der Waals surface area contributed by atoms with Crippen molar-refractivity contribution in [2.24, 2.45) is 0 Å². The molecule has 1 fully saturated rings. The van der Waals surface area contributed by atoms with Gasteiger partial charge >= 0.3 is 0 Å². The summed E-state index contributed by atoms with van der Waals surface area (Å²) in [5, 5.41) is 3.40. The standard InChI is InChI=1S/C28H26FN5O3/c1-17(21-4-2-6-25(29)33-21)32-20-7-8-23-19(15-20)14-18-9-11-30-26(27(18)37-23)24-16-34(12-13-36-24)22-5-3-10-31-28(22)35/h2-11,15,17,24,32H,12-14,16H2,1H3,(H,31,35). The number of benzene rings is 1. The van der Waals surface area contributed by atoms with Crippen molar-refractivity contribution in [3.05, 3.63) is 106 Å². The summed E-state index contributed by atoms with van der Waals surface area (Å²) in [6.07, 6.45) is 3.76. The normalized spacial score (nSPS) is 17.4. The maximum atomic E-state index is 13.5. The lowest BCUT2D eigenvalue weighted by molar-refractivity contribution is 0.0354. The fraction of sp³-hybridized carbons (Fsp3) is 0.250. The lowest BCUT2D eigenvalue weighted by Gasteiger charge is -2.35. The van der Waals surface area contributed by atoms with Crippen LogP contribution in [0.15, 0.2) is 71.8 Å². The van der Waals surface area contributed by atoms with E-state index in [1.807, 2.05) is 42.2 Å². The molecule has 0 amide bonds. The molecule has 5 heterocycles. The van der Waals surface area contributed by atoms with Crippen LogP contribution in [0.25, 0.3) is 0 Å². The second kappa shape index (κ2) is 9.67. The van der Waals surface area contributed by atoms with Gasteiger partial charge in [0.1, 0.15) is 23.2 Å². The van der Waals surface area contributed by atoms with E-state index in [-0.39, 0.29) is 17.7 Å². The average Bonchev–Trinajstić information content (AvgIpc) is 2.92. The Kier molecular flexibility index (Phi) is 6.05. The van der Waals surface area contributed by atoms with Crippen molar-refractivity contribution in [1.29, 1.82) is 0 Å². The molecular formula is C28H26FN5O3. The van der Waals surface area contributed by atoms with E-state index in [1.54, 1.807) is 24.5 Å². The van der Waals surface area contributed by atoms with Crippen LogP contribution in [0.1, 0.15) is 41.6 Å². The molecule has 2 aliphatic rings. The van der Waals surface area contributed by atoms with Gasteiger partial charge in [-0.15, -0.1) is 0 Å². The van der Waals surface area contributed by atoms with Crippen molar-refractivity contribution in [3.8, 4) is 11.5 Å². The summed E-state index contributed by atoms with van der Waals surface area (Å²) >= 11 is 0. The molecule has 188 valence electrons. The number of anilines is 2. The molecule has 0 aliphatic carbocycles. The minimum atomic E-state index is -0.494. The Labute approximate surface area is 213 Å². The van der Waals surface area contributed by atoms with E-state index in [2.05, 4.69) is 26.3 Å². The van der Waals surface area contributed by atoms with E-state index in [1.165, 1.54) is 6.07 Å². The van der Waals surface area contributed by atoms with Crippen LogP contribution in [0, 0.1) is 5.95 Å². The van der Waals surface area contributed by atoms with Crippen molar-refractivity contribution < 1.29 is 13.9 Å². The monoisotopic (exact) mass is 499 g/mol. The molecule has 4 aromatic rings. The van der Waals surface area contributed by atoms with Crippen LogP contribution in [-0.2, 0) is 11.2 Å². The lowest BCUT2D eigenvalue weighted by Crippen LogP contribution is -2.41. The Bertz CT molecular complexity index is 1510. The zero-order valence-electron chi connectivity index (χ0n) is 20.3. The fourth-order valence-corrected chi connectivity index (χ4v) is 4.90. The number of halogens is 1. The second-order valence-electron chi connectivity index (χ2n) is 9.23. The Morgan fingerprint density at radius 2 is 2.08 bits per heavy atom. The van der Waals surface area contributed by atoms with Gasteiger partial charge in [-0.1, -0.05) is 6.07 Å². The number of ether oxygens (including phenoxy) is 2. The summed E-state index contributed by atoms with van der Waals surface area (Å²) in [5.41, 5.74) is 4.82. The van der Waals surface area contributed by atoms with Gasteiger partial charge < -0.3 is 24.7 Å². The molecule has 0 saturated carbocycles. The van der Waals surface area contributed by atoms with Crippen molar-refractivity contribution in [1.82, 2.24) is 15.0 Å². The number of hydrogen-bond donors (Lipinski definition) is 2. The molecule has 37 heavy (non-hydrogen) atoms. The van der Waals surface area contributed by atoms with E-state index < -0.39 is 5.95 Å². The van der Waals surface area contributed by atoms with Crippen LogP contribution < -0.4 is 20.5 Å². The first-order chi connectivity index (χ1) is 18.0. The number of morpholine rings is 1. The number of nitrogens with zero attached hydrogens (tertiary/aromatic N) is 3. The molecule has 3 aromatic heterocycles. The molecule has 2 N–H and O–H groups in total.